The summed E-state index contributed by atoms with van der Waals surface area (Å²) in [5.74, 6) is -0.0637. The Morgan fingerprint density at radius 2 is 1.60 bits per heavy atom. The molecule has 25 heavy (non-hydrogen) atoms. The Hall–Kier alpha value is -1.20. The van der Waals surface area contributed by atoms with E-state index in [1.807, 2.05) is 12.1 Å². The lowest BCUT2D eigenvalue weighted by Gasteiger charge is -2.19. The van der Waals surface area contributed by atoms with Crippen LogP contribution in [-0.2, 0) is 9.21 Å². The minimum Gasteiger partial charge on any atom is -0.282 e. The van der Waals surface area contributed by atoms with Gasteiger partial charge < -0.3 is 0 Å². The van der Waals surface area contributed by atoms with Crippen LogP contribution in [0.3, 0.4) is 0 Å². The van der Waals surface area contributed by atoms with Crippen molar-refractivity contribution in [1.29, 1.82) is 0 Å². The Kier molecular flexibility index (Phi) is 6.10. The summed E-state index contributed by atoms with van der Waals surface area (Å²) in [4.78, 5) is 16.3. The molecule has 0 bridgehead atoms. The summed E-state index contributed by atoms with van der Waals surface area (Å²) in [5, 5.41) is 0.134. The van der Waals surface area contributed by atoms with Crippen LogP contribution in [0, 0.1) is 0 Å². The summed E-state index contributed by atoms with van der Waals surface area (Å²) >= 11 is 23.4. The summed E-state index contributed by atoms with van der Waals surface area (Å²) in [5.41, 5.74) is 7.21. The molecule has 0 fully saturated rings. The number of carbonyl (C=O) groups is 1. The lowest BCUT2D eigenvalue weighted by Crippen LogP contribution is -2.30. The van der Waals surface area contributed by atoms with Gasteiger partial charge in [0.05, 0.1) is 0 Å². The van der Waals surface area contributed by atoms with Gasteiger partial charge in [-0.1, -0.05) is 79.3 Å². The van der Waals surface area contributed by atoms with Crippen molar-refractivity contribution in [2.45, 2.75) is 30.0 Å². The van der Waals surface area contributed by atoms with E-state index in [1.54, 1.807) is 12.1 Å². The van der Waals surface area contributed by atoms with Crippen molar-refractivity contribution in [2.75, 3.05) is 5.43 Å². The second-order valence-corrected chi connectivity index (χ2v) is 9.14. The number of amides is 1. The fourth-order valence-electron chi connectivity index (χ4n) is 2.04. The first-order chi connectivity index (χ1) is 11.5. The molecule has 2 aromatic rings. The molecule has 0 saturated heterocycles. The Morgan fingerprint density at radius 1 is 1.00 bits per heavy atom. The van der Waals surface area contributed by atoms with Crippen LogP contribution in [0.15, 0.2) is 36.4 Å². The summed E-state index contributed by atoms with van der Waals surface area (Å²) in [7, 11) is 0. The van der Waals surface area contributed by atoms with Crippen molar-refractivity contribution >= 4 is 58.1 Å². The van der Waals surface area contributed by atoms with E-state index in [0.29, 0.717) is 11.1 Å². The van der Waals surface area contributed by atoms with Gasteiger partial charge in [0.25, 0.3) is 5.91 Å². The third-order valence-corrected chi connectivity index (χ3v) is 4.29. The fraction of sp³-hybridized carbons (Fsp3) is 0.294. The maximum atomic E-state index is 12.2. The van der Waals surface area contributed by atoms with Gasteiger partial charge in [-0.25, -0.2) is 4.98 Å². The number of pyridine rings is 1. The average molecular weight is 421 g/mol. The maximum absolute atomic E-state index is 12.2. The predicted molar refractivity (Wildman–Crippen MR) is 105 cm³/mol. The van der Waals surface area contributed by atoms with E-state index in [4.69, 9.17) is 46.4 Å². The zero-order chi connectivity index (χ0) is 18.8. The zero-order valence-electron chi connectivity index (χ0n) is 13.8. The van der Waals surface area contributed by atoms with Crippen LogP contribution < -0.4 is 10.9 Å². The Bertz CT molecular complexity index is 765. The van der Waals surface area contributed by atoms with Crippen LogP contribution in [0.4, 0.5) is 5.82 Å². The van der Waals surface area contributed by atoms with Crippen molar-refractivity contribution in [3.63, 3.8) is 0 Å². The number of carbonyl (C=O) groups excluding carboxylic acids is 1. The van der Waals surface area contributed by atoms with Gasteiger partial charge in [0.2, 0.25) is 3.79 Å². The van der Waals surface area contributed by atoms with E-state index < -0.39 is 3.79 Å². The number of hydrogen-bond acceptors (Lipinski definition) is 3. The van der Waals surface area contributed by atoms with E-state index in [-0.39, 0.29) is 22.3 Å². The van der Waals surface area contributed by atoms with Crippen LogP contribution >= 0.6 is 46.4 Å². The van der Waals surface area contributed by atoms with Gasteiger partial charge in [0, 0.05) is 11.1 Å². The molecule has 2 rings (SSSR count). The smallest absolute Gasteiger partial charge is 0.269 e. The van der Waals surface area contributed by atoms with E-state index >= 15 is 0 Å². The van der Waals surface area contributed by atoms with Crippen LogP contribution in [0.25, 0.3) is 0 Å². The van der Waals surface area contributed by atoms with Gasteiger partial charge in [-0.3, -0.25) is 15.6 Å². The molecule has 0 atom stereocenters. The highest BCUT2D eigenvalue weighted by molar-refractivity contribution is 6.66. The number of nitrogens with zero attached hydrogens (tertiary/aromatic N) is 1. The molecule has 2 N–H and O–H groups in total. The number of alkyl halides is 3. The number of halogens is 4. The summed E-state index contributed by atoms with van der Waals surface area (Å²) in [6, 6.07) is 10.3. The molecule has 1 amide bonds. The number of hydrazine groups is 1. The molecule has 134 valence electrons. The van der Waals surface area contributed by atoms with Crippen LogP contribution in [0.1, 0.15) is 42.3 Å². The van der Waals surface area contributed by atoms with E-state index in [2.05, 4.69) is 36.6 Å². The second-order valence-electron chi connectivity index (χ2n) is 6.47. The third kappa shape index (κ3) is 5.65. The molecule has 1 aromatic carbocycles. The monoisotopic (exact) mass is 419 g/mol. The number of rotatable bonds is 3. The van der Waals surface area contributed by atoms with Gasteiger partial charge in [-0.2, -0.15) is 0 Å². The van der Waals surface area contributed by atoms with Crippen molar-refractivity contribution in [1.82, 2.24) is 10.4 Å². The van der Waals surface area contributed by atoms with Gasteiger partial charge in [0.15, 0.2) is 0 Å². The first kappa shape index (κ1) is 20.1. The molecule has 0 aliphatic heterocycles. The topological polar surface area (TPSA) is 54.0 Å². The van der Waals surface area contributed by atoms with Crippen molar-refractivity contribution < 1.29 is 4.79 Å². The van der Waals surface area contributed by atoms with E-state index in [9.17, 15) is 4.79 Å². The highest BCUT2D eigenvalue weighted by atomic mass is 35.6. The maximum Gasteiger partial charge on any atom is 0.269 e. The number of benzene rings is 1. The molecule has 1 aromatic heterocycles. The Balaban J connectivity index is 2.09. The van der Waals surface area contributed by atoms with Crippen LogP contribution in [-0.4, -0.2) is 10.9 Å². The van der Waals surface area contributed by atoms with Gasteiger partial charge in [-0.05, 0) is 35.2 Å². The summed E-state index contributed by atoms with van der Waals surface area (Å²) < 4.78 is -1.64. The lowest BCUT2D eigenvalue weighted by atomic mass is 9.87. The van der Waals surface area contributed by atoms with E-state index in [0.717, 1.165) is 5.56 Å². The summed E-state index contributed by atoms with van der Waals surface area (Å²) in [6.07, 6.45) is 0. The van der Waals surface area contributed by atoms with Gasteiger partial charge in [-0.15, -0.1) is 0 Å². The fourth-order valence-corrected chi connectivity index (χ4v) is 2.58. The molecule has 8 heteroatoms. The molecule has 0 unspecified atom stereocenters. The Labute approximate surface area is 166 Å². The molecule has 0 aliphatic carbocycles. The standard InChI is InChI=1S/C17H17Cl4N3O/c1-16(2,3)11-6-4-10(5-7-11)15(25)24-23-14-9-12(17(19,20)21)8-13(18)22-14/h4-9H,1-3H3,(H,22,23)(H,24,25). The number of aromatic nitrogens is 1. The van der Waals surface area contributed by atoms with Gasteiger partial charge in [0.1, 0.15) is 11.0 Å². The molecule has 4 nitrogen and oxygen atoms in total. The molecule has 0 radical (unpaired) electrons. The normalized spacial score (nSPS) is 12.0. The van der Waals surface area contributed by atoms with Crippen molar-refractivity contribution in [3.05, 3.63) is 58.2 Å². The van der Waals surface area contributed by atoms with E-state index in [1.165, 1.54) is 12.1 Å². The van der Waals surface area contributed by atoms with Crippen LogP contribution in [0.5, 0.6) is 0 Å². The molecule has 0 saturated carbocycles. The minimum absolute atomic E-state index is 0.0194. The Morgan fingerprint density at radius 3 is 2.12 bits per heavy atom. The highest BCUT2D eigenvalue weighted by Crippen LogP contribution is 2.39. The lowest BCUT2D eigenvalue weighted by molar-refractivity contribution is 0.0962. The van der Waals surface area contributed by atoms with Crippen LogP contribution in [0.2, 0.25) is 5.15 Å². The average Bonchev–Trinajstić information content (AvgIpc) is 2.50. The van der Waals surface area contributed by atoms with Crippen molar-refractivity contribution in [3.8, 4) is 0 Å². The van der Waals surface area contributed by atoms with Gasteiger partial charge >= 0.3 is 0 Å². The number of anilines is 1. The molecule has 0 spiro atoms. The second kappa shape index (κ2) is 7.58. The number of hydrogen-bond donors (Lipinski definition) is 2. The number of nitrogens with one attached hydrogen (secondary N) is 2. The SMILES string of the molecule is CC(C)(C)c1ccc(C(=O)NNc2cc(C(Cl)(Cl)Cl)cc(Cl)n2)cc1. The largest absolute Gasteiger partial charge is 0.282 e. The minimum atomic E-state index is -1.64. The quantitative estimate of drug-likeness (QED) is 0.385. The summed E-state index contributed by atoms with van der Waals surface area (Å²) in [6.45, 7) is 6.32. The molecule has 1 heterocycles. The third-order valence-electron chi connectivity index (χ3n) is 3.44. The highest BCUT2D eigenvalue weighted by Gasteiger charge is 2.24. The van der Waals surface area contributed by atoms with Crippen molar-refractivity contribution in [2.24, 2.45) is 0 Å². The molecule has 0 aliphatic rings. The first-order valence-electron chi connectivity index (χ1n) is 7.38. The predicted octanol–water partition coefficient (Wildman–Crippen LogP) is 5.62. The first-order valence-corrected chi connectivity index (χ1v) is 8.90. The zero-order valence-corrected chi connectivity index (χ0v) is 16.9. The molecular formula is C17H17Cl4N3O. The molecular weight excluding hydrogens is 404 g/mol.